The van der Waals surface area contributed by atoms with Crippen LogP contribution in [-0.4, -0.2) is 4.98 Å². The molecule has 1 aromatic heterocycles. The Morgan fingerprint density at radius 3 is 2.88 bits per heavy atom. The first-order chi connectivity index (χ1) is 7.78. The van der Waals surface area contributed by atoms with E-state index in [4.69, 9.17) is 17.3 Å². The number of thiazole rings is 1. The molecule has 0 atom stereocenters. The van der Waals surface area contributed by atoms with Crippen LogP contribution >= 0.6 is 22.9 Å². The number of hydrogen-bond donors (Lipinski definition) is 1. The van der Waals surface area contributed by atoms with Crippen molar-refractivity contribution >= 4 is 22.9 Å². The second kappa shape index (κ2) is 5.43. The van der Waals surface area contributed by atoms with E-state index in [1.165, 1.54) is 5.56 Å². The number of hydrogen-bond acceptors (Lipinski definition) is 3. The first-order valence-corrected chi connectivity index (χ1v) is 6.41. The lowest BCUT2D eigenvalue weighted by molar-refractivity contribution is 0.904. The van der Waals surface area contributed by atoms with Gasteiger partial charge in [-0.05, 0) is 30.5 Å². The van der Waals surface area contributed by atoms with E-state index in [9.17, 15) is 0 Å². The van der Waals surface area contributed by atoms with Gasteiger partial charge in [-0.3, -0.25) is 0 Å². The van der Waals surface area contributed by atoms with E-state index in [2.05, 4.69) is 16.4 Å². The fourth-order valence-corrected chi connectivity index (χ4v) is 2.44. The molecule has 0 aliphatic rings. The summed E-state index contributed by atoms with van der Waals surface area (Å²) in [6.45, 7) is 0.530. The van der Waals surface area contributed by atoms with Gasteiger partial charge < -0.3 is 5.73 Å². The molecule has 2 nitrogen and oxygen atoms in total. The van der Waals surface area contributed by atoms with Gasteiger partial charge in [-0.2, -0.15) is 0 Å². The highest BCUT2D eigenvalue weighted by molar-refractivity contribution is 7.09. The van der Waals surface area contributed by atoms with Gasteiger partial charge in [-0.15, -0.1) is 11.3 Å². The van der Waals surface area contributed by atoms with Gasteiger partial charge >= 0.3 is 0 Å². The Morgan fingerprint density at radius 1 is 1.31 bits per heavy atom. The Kier molecular flexibility index (Phi) is 3.93. The molecule has 84 valence electrons. The lowest BCUT2D eigenvalue weighted by atomic mass is 10.1. The van der Waals surface area contributed by atoms with E-state index >= 15 is 0 Å². The molecule has 0 fully saturated rings. The number of benzene rings is 1. The minimum absolute atomic E-state index is 0.530. The zero-order valence-electron chi connectivity index (χ0n) is 8.82. The van der Waals surface area contributed by atoms with Gasteiger partial charge in [0.1, 0.15) is 5.01 Å². The molecule has 1 heterocycles. The zero-order chi connectivity index (χ0) is 11.4. The van der Waals surface area contributed by atoms with Crippen LogP contribution in [0.15, 0.2) is 29.6 Å². The van der Waals surface area contributed by atoms with Crippen molar-refractivity contribution in [2.24, 2.45) is 5.73 Å². The third-order valence-corrected chi connectivity index (χ3v) is 3.49. The van der Waals surface area contributed by atoms with Crippen molar-refractivity contribution in [1.29, 1.82) is 0 Å². The van der Waals surface area contributed by atoms with Crippen LogP contribution in [0.4, 0.5) is 0 Å². The summed E-state index contributed by atoms with van der Waals surface area (Å²) in [4.78, 5) is 4.43. The maximum absolute atomic E-state index is 5.92. The van der Waals surface area contributed by atoms with Crippen molar-refractivity contribution in [2.75, 3.05) is 0 Å². The highest BCUT2D eigenvalue weighted by atomic mass is 35.5. The highest BCUT2D eigenvalue weighted by Crippen LogP contribution is 2.14. The summed E-state index contributed by atoms with van der Waals surface area (Å²) >= 11 is 7.55. The molecule has 0 saturated carbocycles. The van der Waals surface area contributed by atoms with Gasteiger partial charge in [0.05, 0.1) is 5.69 Å². The van der Waals surface area contributed by atoms with Crippen molar-refractivity contribution in [1.82, 2.24) is 4.98 Å². The lowest BCUT2D eigenvalue weighted by Crippen LogP contribution is -1.96. The summed E-state index contributed by atoms with van der Waals surface area (Å²) in [6.07, 6.45) is 1.91. The van der Waals surface area contributed by atoms with Gasteiger partial charge in [0.15, 0.2) is 0 Å². The molecule has 0 radical (unpaired) electrons. The summed E-state index contributed by atoms with van der Waals surface area (Å²) in [5, 5.41) is 3.87. The average Bonchev–Trinajstić information content (AvgIpc) is 2.74. The lowest BCUT2D eigenvalue weighted by Gasteiger charge is -1.99. The van der Waals surface area contributed by atoms with Crippen LogP contribution in [-0.2, 0) is 19.4 Å². The fourth-order valence-electron chi connectivity index (χ4n) is 1.52. The molecule has 16 heavy (non-hydrogen) atoms. The summed E-state index contributed by atoms with van der Waals surface area (Å²) < 4.78 is 0. The number of nitrogens with zero attached hydrogens (tertiary/aromatic N) is 1. The van der Waals surface area contributed by atoms with Crippen LogP contribution in [0.3, 0.4) is 0 Å². The molecule has 4 heteroatoms. The Labute approximate surface area is 104 Å². The van der Waals surface area contributed by atoms with Gasteiger partial charge in [0.2, 0.25) is 0 Å². The zero-order valence-corrected chi connectivity index (χ0v) is 10.4. The Hall–Kier alpha value is -0.900. The van der Waals surface area contributed by atoms with Gasteiger partial charge in [-0.1, -0.05) is 23.7 Å². The Balaban J connectivity index is 1.96. The topological polar surface area (TPSA) is 38.9 Å². The Bertz CT molecular complexity index is 468. The van der Waals surface area contributed by atoms with Gasteiger partial charge in [-0.25, -0.2) is 4.98 Å². The van der Waals surface area contributed by atoms with Crippen LogP contribution in [0.2, 0.25) is 5.02 Å². The maximum Gasteiger partial charge on any atom is 0.106 e. The summed E-state index contributed by atoms with van der Waals surface area (Å²) in [5.74, 6) is 0. The van der Waals surface area contributed by atoms with Crippen LogP contribution in [0.1, 0.15) is 16.3 Å². The normalized spacial score (nSPS) is 10.6. The molecule has 2 aromatic rings. The third-order valence-electron chi connectivity index (χ3n) is 2.33. The molecule has 0 aliphatic heterocycles. The largest absolute Gasteiger partial charge is 0.325 e. The van der Waals surface area contributed by atoms with E-state index in [1.807, 2.05) is 18.2 Å². The summed E-state index contributed by atoms with van der Waals surface area (Å²) in [6, 6.07) is 7.95. The molecule has 1 aromatic carbocycles. The van der Waals surface area contributed by atoms with Crippen LogP contribution < -0.4 is 5.73 Å². The predicted molar refractivity (Wildman–Crippen MR) is 68.9 cm³/mol. The first kappa shape index (κ1) is 11.6. The van der Waals surface area contributed by atoms with Crippen LogP contribution in [0.5, 0.6) is 0 Å². The molecule has 0 unspecified atom stereocenters. The number of halogens is 1. The van der Waals surface area contributed by atoms with Crippen molar-refractivity contribution in [3.63, 3.8) is 0 Å². The molecule has 0 amide bonds. The number of nitrogens with two attached hydrogens (primary N) is 1. The smallest absolute Gasteiger partial charge is 0.106 e. The standard InChI is InChI=1S/C12H13ClN2S/c13-10-3-1-2-9(6-10)4-5-11-8-16-12(7-14)15-11/h1-3,6,8H,4-5,7,14H2. The second-order valence-corrected chi connectivity index (χ2v) is 4.95. The molecule has 0 aliphatic carbocycles. The van der Waals surface area contributed by atoms with Gasteiger partial charge in [0, 0.05) is 16.9 Å². The van der Waals surface area contributed by atoms with E-state index < -0.39 is 0 Å². The van der Waals surface area contributed by atoms with E-state index in [0.29, 0.717) is 6.54 Å². The van der Waals surface area contributed by atoms with E-state index in [0.717, 1.165) is 28.6 Å². The van der Waals surface area contributed by atoms with E-state index in [1.54, 1.807) is 11.3 Å². The molecule has 0 saturated heterocycles. The quantitative estimate of drug-likeness (QED) is 0.909. The SMILES string of the molecule is NCc1nc(CCc2cccc(Cl)c2)cs1. The van der Waals surface area contributed by atoms with Crippen molar-refractivity contribution < 1.29 is 0 Å². The number of aryl methyl sites for hydroxylation is 2. The van der Waals surface area contributed by atoms with Crippen LogP contribution in [0.25, 0.3) is 0 Å². The van der Waals surface area contributed by atoms with Crippen LogP contribution in [0, 0.1) is 0 Å². The first-order valence-electron chi connectivity index (χ1n) is 5.15. The minimum Gasteiger partial charge on any atom is -0.325 e. The fraction of sp³-hybridized carbons (Fsp3) is 0.250. The maximum atomic E-state index is 5.92. The number of aromatic nitrogens is 1. The van der Waals surface area contributed by atoms with Crippen molar-refractivity contribution in [3.05, 3.63) is 50.9 Å². The molecule has 0 spiro atoms. The molecule has 2 N–H and O–H groups in total. The predicted octanol–water partition coefficient (Wildman–Crippen LogP) is 3.04. The van der Waals surface area contributed by atoms with Crippen molar-refractivity contribution in [2.45, 2.75) is 19.4 Å². The monoisotopic (exact) mass is 252 g/mol. The minimum atomic E-state index is 0.530. The molecule has 0 bridgehead atoms. The average molecular weight is 253 g/mol. The van der Waals surface area contributed by atoms with E-state index in [-0.39, 0.29) is 0 Å². The highest BCUT2D eigenvalue weighted by Gasteiger charge is 2.01. The summed E-state index contributed by atoms with van der Waals surface area (Å²) in [7, 11) is 0. The number of rotatable bonds is 4. The Morgan fingerprint density at radius 2 is 2.19 bits per heavy atom. The third kappa shape index (κ3) is 3.04. The molecular weight excluding hydrogens is 240 g/mol. The molecular formula is C12H13ClN2S. The second-order valence-electron chi connectivity index (χ2n) is 3.57. The van der Waals surface area contributed by atoms with Gasteiger partial charge in [0.25, 0.3) is 0 Å². The molecule has 2 rings (SSSR count). The summed E-state index contributed by atoms with van der Waals surface area (Å²) in [5.41, 5.74) is 7.88. The van der Waals surface area contributed by atoms with Crippen molar-refractivity contribution in [3.8, 4) is 0 Å².